The van der Waals surface area contributed by atoms with Gasteiger partial charge in [0.15, 0.2) is 5.69 Å². The van der Waals surface area contributed by atoms with Gasteiger partial charge < -0.3 is 14.5 Å². The van der Waals surface area contributed by atoms with Gasteiger partial charge in [0.05, 0.1) is 12.2 Å². The van der Waals surface area contributed by atoms with Crippen LogP contribution in [0.25, 0.3) is 11.3 Å². The summed E-state index contributed by atoms with van der Waals surface area (Å²) in [4.78, 5) is 25.1. The van der Waals surface area contributed by atoms with Gasteiger partial charge in [0.25, 0.3) is 5.91 Å². The second kappa shape index (κ2) is 7.85. The molecule has 29 heavy (non-hydrogen) atoms. The maximum Gasteiger partial charge on any atom is 0.253 e. The van der Waals surface area contributed by atoms with Crippen LogP contribution in [0.2, 0.25) is 0 Å². The number of halogens is 1. The van der Waals surface area contributed by atoms with Crippen molar-refractivity contribution in [3.63, 3.8) is 0 Å². The SMILES string of the molecule is CN1CCOC2(CCN(C(=O)c3cc(F)cc(-c4nccnc4C#N)c3)CC2)C1. The molecule has 2 fully saturated rings. The van der Waals surface area contributed by atoms with E-state index < -0.39 is 5.82 Å². The van der Waals surface area contributed by atoms with Crippen LogP contribution in [-0.4, -0.2) is 71.1 Å². The highest BCUT2D eigenvalue weighted by Gasteiger charge is 2.39. The van der Waals surface area contributed by atoms with Crippen molar-refractivity contribution < 1.29 is 13.9 Å². The van der Waals surface area contributed by atoms with Crippen molar-refractivity contribution in [2.24, 2.45) is 0 Å². The highest BCUT2D eigenvalue weighted by Crippen LogP contribution is 2.31. The van der Waals surface area contributed by atoms with Crippen LogP contribution in [-0.2, 0) is 4.74 Å². The molecule has 1 aromatic carbocycles. The Morgan fingerprint density at radius 1 is 1.21 bits per heavy atom. The minimum absolute atomic E-state index is 0.0926. The molecule has 0 radical (unpaired) electrons. The highest BCUT2D eigenvalue weighted by molar-refractivity contribution is 5.95. The number of ether oxygens (including phenoxy) is 1. The van der Waals surface area contributed by atoms with Gasteiger partial charge >= 0.3 is 0 Å². The minimum atomic E-state index is -0.550. The lowest BCUT2D eigenvalue weighted by Gasteiger charge is -2.46. The summed E-state index contributed by atoms with van der Waals surface area (Å²) in [5, 5.41) is 9.23. The number of amides is 1. The van der Waals surface area contributed by atoms with Crippen LogP contribution >= 0.6 is 0 Å². The molecule has 1 amide bonds. The Kier molecular flexibility index (Phi) is 5.26. The van der Waals surface area contributed by atoms with Crippen molar-refractivity contribution in [3.8, 4) is 17.3 Å². The summed E-state index contributed by atoms with van der Waals surface area (Å²) in [6.07, 6.45) is 4.36. The van der Waals surface area contributed by atoms with Gasteiger partial charge in [0.1, 0.15) is 17.6 Å². The van der Waals surface area contributed by atoms with Crippen molar-refractivity contribution in [2.45, 2.75) is 18.4 Å². The van der Waals surface area contributed by atoms with Gasteiger partial charge in [0.2, 0.25) is 0 Å². The number of aromatic nitrogens is 2. The monoisotopic (exact) mass is 395 g/mol. The number of likely N-dealkylation sites (tertiary alicyclic amines) is 1. The van der Waals surface area contributed by atoms with Gasteiger partial charge in [-0.15, -0.1) is 0 Å². The number of rotatable bonds is 2. The number of nitrogens with zero attached hydrogens (tertiary/aromatic N) is 5. The highest BCUT2D eigenvalue weighted by atomic mass is 19.1. The van der Waals surface area contributed by atoms with Crippen molar-refractivity contribution >= 4 is 5.91 Å². The Balaban J connectivity index is 1.54. The third-order valence-electron chi connectivity index (χ3n) is 5.62. The van der Waals surface area contributed by atoms with Crippen LogP contribution in [0.1, 0.15) is 28.9 Å². The van der Waals surface area contributed by atoms with Crippen molar-refractivity contribution in [1.82, 2.24) is 19.8 Å². The molecule has 2 aliphatic rings. The molecule has 3 heterocycles. The number of carbonyl (C=O) groups excluding carboxylic acids is 1. The zero-order chi connectivity index (χ0) is 20.4. The molecule has 150 valence electrons. The maximum absolute atomic E-state index is 14.3. The Bertz CT molecular complexity index is 966. The van der Waals surface area contributed by atoms with Crippen LogP contribution in [0.4, 0.5) is 4.39 Å². The summed E-state index contributed by atoms with van der Waals surface area (Å²) in [6, 6.07) is 6.02. The van der Waals surface area contributed by atoms with E-state index in [0.717, 1.165) is 25.9 Å². The van der Waals surface area contributed by atoms with E-state index in [4.69, 9.17) is 4.74 Å². The summed E-state index contributed by atoms with van der Waals surface area (Å²) in [6.45, 7) is 3.61. The van der Waals surface area contributed by atoms with Crippen LogP contribution in [0.15, 0.2) is 30.6 Å². The fourth-order valence-corrected chi connectivity index (χ4v) is 4.12. The van der Waals surface area contributed by atoms with Gasteiger partial charge in [-0.3, -0.25) is 9.78 Å². The zero-order valence-corrected chi connectivity index (χ0v) is 16.3. The molecule has 0 aliphatic carbocycles. The first-order valence-electron chi connectivity index (χ1n) is 9.63. The molecule has 8 heteroatoms. The standard InChI is InChI=1S/C21H22FN5O2/c1-26-8-9-29-21(14-26)2-6-27(7-3-21)20(28)16-10-15(11-17(22)12-16)19-18(13-23)24-4-5-25-19/h4-5,10-12H,2-3,6-9,14H2,1H3. The molecule has 1 spiro atoms. The quantitative estimate of drug-likeness (QED) is 0.774. The van der Waals surface area contributed by atoms with Crippen molar-refractivity contribution in [1.29, 1.82) is 5.26 Å². The number of hydrogen-bond donors (Lipinski definition) is 0. The second-order valence-corrected chi connectivity index (χ2v) is 7.66. The van der Waals surface area contributed by atoms with Gasteiger partial charge in [-0.05, 0) is 38.1 Å². The first-order valence-corrected chi connectivity index (χ1v) is 9.63. The number of benzene rings is 1. The molecule has 0 saturated carbocycles. The lowest BCUT2D eigenvalue weighted by Crippen LogP contribution is -2.56. The molecule has 0 atom stereocenters. The van der Waals surface area contributed by atoms with Crippen LogP contribution < -0.4 is 0 Å². The molecule has 7 nitrogen and oxygen atoms in total. The van der Waals surface area contributed by atoms with E-state index in [1.54, 1.807) is 11.0 Å². The zero-order valence-electron chi connectivity index (χ0n) is 16.3. The average molecular weight is 395 g/mol. The average Bonchev–Trinajstić information content (AvgIpc) is 2.73. The topological polar surface area (TPSA) is 82.3 Å². The van der Waals surface area contributed by atoms with E-state index in [0.29, 0.717) is 25.3 Å². The number of morpholine rings is 1. The summed E-state index contributed by atoms with van der Waals surface area (Å²) < 4.78 is 20.3. The molecule has 2 aromatic rings. The number of nitriles is 1. The van der Waals surface area contributed by atoms with Gasteiger partial charge in [-0.1, -0.05) is 0 Å². The molecule has 0 N–H and O–H groups in total. The number of carbonyl (C=O) groups is 1. The van der Waals surface area contributed by atoms with Crippen LogP contribution in [0.5, 0.6) is 0 Å². The number of hydrogen-bond acceptors (Lipinski definition) is 6. The fraction of sp³-hybridized carbons (Fsp3) is 0.429. The molecule has 1 aromatic heterocycles. The van der Waals surface area contributed by atoms with E-state index in [9.17, 15) is 14.4 Å². The van der Waals surface area contributed by atoms with Gasteiger partial charge in [0, 0.05) is 49.7 Å². The Morgan fingerprint density at radius 3 is 2.69 bits per heavy atom. The number of likely N-dealkylation sites (N-methyl/N-ethyl adjacent to an activating group) is 1. The van der Waals surface area contributed by atoms with Crippen LogP contribution in [0, 0.1) is 17.1 Å². The Morgan fingerprint density at radius 2 is 1.97 bits per heavy atom. The normalized spacial score (nSPS) is 19.1. The molecular formula is C21H22FN5O2. The molecule has 0 unspecified atom stereocenters. The molecule has 4 rings (SSSR count). The molecular weight excluding hydrogens is 373 g/mol. The van der Waals surface area contributed by atoms with E-state index in [1.165, 1.54) is 24.5 Å². The smallest absolute Gasteiger partial charge is 0.253 e. The first-order chi connectivity index (χ1) is 14.0. The third-order valence-corrected chi connectivity index (χ3v) is 5.62. The Hall–Kier alpha value is -2.89. The van der Waals surface area contributed by atoms with Gasteiger partial charge in [-0.2, -0.15) is 5.26 Å². The maximum atomic E-state index is 14.3. The largest absolute Gasteiger partial charge is 0.372 e. The minimum Gasteiger partial charge on any atom is -0.372 e. The first kappa shape index (κ1) is 19.4. The van der Waals surface area contributed by atoms with Crippen molar-refractivity contribution in [3.05, 3.63) is 47.7 Å². The van der Waals surface area contributed by atoms with E-state index in [1.807, 2.05) is 6.07 Å². The van der Waals surface area contributed by atoms with E-state index in [2.05, 4.69) is 21.9 Å². The summed E-state index contributed by atoms with van der Waals surface area (Å²) >= 11 is 0. The van der Waals surface area contributed by atoms with Crippen molar-refractivity contribution in [2.75, 3.05) is 39.8 Å². The number of piperidine rings is 1. The predicted molar refractivity (Wildman–Crippen MR) is 103 cm³/mol. The van der Waals surface area contributed by atoms with E-state index >= 15 is 0 Å². The predicted octanol–water partition coefficient (Wildman–Crippen LogP) is 2.09. The molecule has 2 saturated heterocycles. The Labute approximate surface area is 168 Å². The molecule has 0 bridgehead atoms. The summed E-state index contributed by atoms with van der Waals surface area (Å²) in [5.41, 5.74) is 0.767. The van der Waals surface area contributed by atoms with Crippen LogP contribution in [0.3, 0.4) is 0 Å². The van der Waals surface area contributed by atoms with Gasteiger partial charge in [-0.25, -0.2) is 9.37 Å². The second-order valence-electron chi connectivity index (χ2n) is 7.66. The third kappa shape index (κ3) is 3.97. The fourth-order valence-electron chi connectivity index (χ4n) is 4.12. The van der Waals surface area contributed by atoms with E-state index in [-0.39, 0.29) is 28.5 Å². The molecule has 2 aliphatic heterocycles. The lowest BCUT2D eigenvalue weighted by atomic mass is 9.89. The summed E-state index contributed by atoms with van der Waals surface area (Å²) in [5.74, 6) is -0.779. The lowest BCUT2D eigenvalue weighted by molar-refractivity contribution is -0.127. The summed E-state index contributed by atoms with van der Waals surface area (Å²) in [7, 11) is 2.08.